The summed E-state index contributed by atoms with van der Waals surface area (Å²) in [6.07, 6.45) is 1.56. The second-order valence-corrected chi connectivity index (χ2v) is 6.78. The highest BCUT2D eigenvalue weighted by molar-refractivity contribution is 5.95. The number of nitrogens with zero attached hydrogens (tertiary/aromatic N) is 3. The van der Waals surface area contributed by atoms with E-state index >= 15 is 0 Å². The summed E-state index contributed by atoms with van der Waals surface area (Å²) in [5.41, 5.74) is 0.616. The zero-order chi connectivity index (χ0) is 19.6. The van der Waals surface area contributed by atoms with Crippen LogP contribution in [-0.2, 0) is 0 Å². The second-order valence-electron chi connectivity index (χ2n) is 6.78. The number of aromatic nitrogens is 2. The zero-order valence-electron chi connectivity index (χ0n) is 15.4. The van der Waals surface area contributed by atoms with Gasteiger partial charge in [0.1, 0.15) is 11.5 Å². The lowest BCUT2D eigenvalue weighted by molar-refractivity contribution is 0.0569. The molecule has 2 aromatic carbocycles. The lowest BCUT2D eigenvalue weighted by atomic mass is 9.98. The highest BCUT2D eigenvalue weighted by atomic mass is 16.5. The monoisotopic (exact) mass is 387 g/mol. The van der Waals surface area contributed by atoms with Crippen molar-refractivity contribution in [3.8, 4) is 23.1 Å². The van der Waals surface area contributed by atoms with Crippen molar-refractivity contribution in [2.24, 2.45) is 0 Å². The molecule has 7 heteroatoms. The maximum Gasteiger partial charge on any atom is 0.253 e. The molecule has 0 saturated carbocycles. The minimum Gasteiger partial charge on any atom is -0.461 e. The molecular formula is C22H17N3O4. The van der Waals surface area contributed by atoms with Gasteiger partial charge < -0.3 is 18.6 Å². The first-order valence-corrected chi connectivity index (χ1v) is 9.26. The number of benzene rings is 2. The van der Waals surface area contributed by atoms with Crippen molar-refractivity contribution in [3.05, 3.63) is 84.4 Å². The van der Waals surface area contributed by atoms with E-state index in [1.807, 2.05) is 30.3 Å². The molecule has 3 heterocycles. The van der Waals surface area contributed by atoms with Crippen molar-refractivity contribution in [3.63, 3.8) is 0 Å². The van der Waals surface area contributed by atoms with Crippen LogP contribution in [0.1, 0.15) is 22.2 Å². The second kappa shape index (κ2) is 7.27. The number of carbonyl (C=O) groups is 1. The molecule has 0 radical (unpaired) electrons. The van der Waals surface area contributed by atoms with E-state index < -0.39 is 0 Å². The molecule has 0 atom stereocenters. The number of rotatable bonds is 5. The van der Waals surface area contributed by atoms with Crippen LogP contribution in [0.4, 0.5) is 0 Å². The molecule has 0 spiro atoms. The lowest BCUT2D eigenvalue weighted by Crippen LogP contribution is -2.48. The lowest BCUT2D eigenvalue weighted by Gasteiger charge is -2.37. The molecule has 0 N–H and O–H groups in total. The fraction of sp³-hybridized carbons (Fsp3) is 0.136. The largest absolute Gasteiger partial charge is 0.461 e. The predicted molar refractivity (Wildman–Crippen MR) is 104 cm³/mol. The Bertz CT molecular complexity index is 1100. The summed E-state index contributed by atoms with van der Waals surface area (Å²) >= 11 is 0. The Hall–Kier alpha value is -3.87. The fourth-order valence-corrected chi connectivity index (χ4v) is 3.18. The Balaban J connectivity index is 1.19. The van der Waals surface area contributed by atoms with Crippen molar-refractivity contribution >= 4 is 5.91 Å². The molecule has 0 aliphatic carbocycles. The number of likely N-dealkylation sites (tertiary alicyclic amines) is 1. The molecule has 2 aromatic heterocycles. The molecule has 0 bridgehead atoms. The Morgan fingerprint density at radius 2 is 1.72 bits per heavy atom. The third-order valence-electron chi connectivity index (χ3n) is 4.78. The van der Waals surface area contributed by atoms with Gasteiger partial charge >= 0.3 is 0 Å². The summed E-state index contributed by atoms with van der Waals surface area (Å²) in [6.45, 7) is 1.09. The fourth-order valence-electron chi connectivity index (χ4n) is 3.18. The molecule has 1 fully saturated rings. The summed E-state index contributed by atoms with van der Waals surface area (Å²) in [7, 11) is 0. The molecule has 7 nitrogen and oxygen atoms in total. The standard InChI is InChI=1S/C22H17N3O4/c26-22(15-8-10-18(11-9-15)28-17-5-2-1-3-6-17)25-13-16(14-25)21-23-20(24-29-21)19-7-4-12-27-19/h1-12,16H,13-14H2. The van der Waals surface area contributed by atoms with Crippen LogP contribution in [0.3, 0.4) is 0 Å². The van der Waals surface area contributed by atoms with Crippen molar-refractivity contribution < 1.29 is 18.5 Å². The number of ether oxygens (including phenoxy) is 1. The maximum atomic E-state index is 12.7. The summed E-state index contributed by atoms with van der Waals surface area (Å²) in [6, 6.07) is 20.2. The van der Waals surface area contributed by atoms with Gasteiger partial charge in [0.05, 0.1) is 12.2 Å². The topological polar surface area (TPSA) is 81.6 Å². The highest BCUT2D eigenvalue weighted by Gasteiger charge is 2.36. The summed E-state index contributed by atoms with van der Waals surface area (Å²) in [5.74, 6) is 2.95. The van der Waals surface area contributed by atoms with E-state index in [0.29, 0.717) is 41.9 Å². The maximum absolute atomic E-state index is 12.7. The van der Waals surface area contributed by atoms with E-state index in [-0.39, 0.29) is 11.8 Å². The first kappa shape index (κ1) is 17.2. The van der Waals surface area contributed by atoms with E-state index in [1.54, 1.807) is 47.6 Å². The SMILES string of the molecule is O=C(c1ccc(Oc2ccccc2)cc1)N1CC(c2nc(-c3ccco3)no2)C1. The van der Waals surface area contributed by atoms with Crippen LogP contribution in [-0.4, -0.2) is 34.0 Å². The molecule has 5 rings (SSSR count). The van der Waals surface area contributed by atoms with Gasteiger partial charge in [-0.3, -0.25) is 4.79 Å². The smallest absolute Gasteiger partial charge is 0.253 e. The van der Waals surface area contributed by atoms with E-state index in [4.69, 9.17) is 13.7 Å². The molecule has 1 aliphatic heterocycles. The van der Waals surface area contributed by atoms with E-state index in [2.05, 4.69) is 10.1 Å². The van der Waals surface area contributed by atoms with E-state index in [9.17, 15) is 4.79 Å². The van der Waals surface area contributed by atoms with Crippen molar-refractivity contribution in [2.75, 3.05) is 13.1 Å². The van der Waals surface area contributed by atoms with Crippen LogP contribution >= 0.6 is 0 Å². The van der Waals surface area contributed by atoms with Gasteiger partial charge in [-0.15, -0.1) is 0 Å². The summed E-state index contributed by atoms with van der Waals surface area (Å²) in [5, 5.41) is 3.94. The first-order chi connectivity index (χ1) is 14.3. The van der Waals surface area contributed by atoms with Crippen LogP contribution in [0, 0.1) is 0 Å². The van der Waals surface area contributed by atoms with E-state index in [1.165, 1.54) is 0 Å². The Morgan fingerprint density at radius 3 is 2.45 bits per heavy atom. The Morgan fingerprint density at radius 1 is 0.966 bits per heavy atom. The molecule has 144 valence electrons. The normalized spacial score (nSPS) is 13.9. The van der Waals surface area contributed by atoms with Gasteiger partial charge in [0, 0.05) is 18.7 Å². The number of carbonyl (C=O) groups excluding carboxylic acids is 1. The molecule has 1 aliphatic rings. The van der Waals surface area contributed by atoms with Gasteiger partial charge in [-0.1, -0.05) is 23.4 Å². The average molecular weight is 387 g/mol. The van der Waals surface area contributed by atoms with Crippen LogP contribution in [0.5, 0.6) is 11.5 Å². The number of hydrogen-bond acceptors (Lipinski definition) is 6. The minimum absolute atomic E-state index is 0.0294. The Kier molecular flexibility index (Phi) is 4.32. The average Bonchev–Trinajstić information content (AvgIpc) is 3.40. The molecule has 1 amide bonds. The Labute approximate surface area is 166 Å². The van der Waals surface area contributed by atoms with E-state index in [0.717, 1.165) is 5.75 Å². The van der Waals surface area contributed by atoms with Crippen molar-refractivity contribution in [1.29, 1.82) is 0 Å². The molecule has 1 saturated heterocycles. The molecule has 0 unspecified atom stereocenters. The van der Waals surface area contributed by atoms with Gasteiger partial charge in [0.15, 0.2) is 5.76 Å². The zero-order valence-corrected chi connectivity index (χ0v) is 15.4. The highest BCUT2D eigenvalue weighted by Crippen LogP contribution is 2.29. The molecular weight excluding hydrogens is 370 g/mol. The number of para-hydroxylation sites is 1. The third-order valence-corrected chi connectivity index (χ3v) is 4.78. The predicted octanol–water partition coefficient (Wildman–Crippen LogP) is 4.36. The van der Waals surface area contributed by atoms with Crippen molar-refractivity contribution in [2.45, 2.75) is 5.92 Å². The molecule has 29 heavy (non-hydrogen) atoms. The van der Waals surface area contributed by atoms with Gasteiger partial charge in [-0.25, -0.2) is 0 Å². The number of amides is 1. The van der Waals surface area contributed by atoms with Gasteiger partial charge in [0.25, 0.3) is 5.91 Å². The third kappa shape index (κ3) is 3.50. The number of hydrogen-bond donors (Lipinski definition) is 0. The first-order valence-electron chi connectivity index (χ1n) is 9.26. The van der Waals surface area contributed by atoms with Crippen LogP contribution in [0.15, 0.2) is 81.9 Å². The van der Waals surface area contributed by atoms with Crippen LogP contribution in [0.2, 0.25) is 0 Å². The number of furan rings is 1. The van der Waals surface area contributed by atoms with Gasteiger partial charge in [0.2, 0.25) is 11.7 Å². The summed E-state index contributed by atoms with van der Waals surface area (Å²) < 4.78 is 16.4. The van der Waals surface area contributed by atoms with Crippen molar-refractivity contribution in [1.82, 2.24) is 15.0 Å². The molecule has 4 aromatic rings. The quantitative estimate of drug-likeness (QED) is 0.506. The van der Waals surface area contributed by atoms with Gasteiger partial charge in [-0.05, 0) is 48.5 Å². The van der Waals surface area contributed by atoms with Crippen LogP contribution < -0.4 is 4.74 Å². The van der Waals surface area contributed by atoms with Gasteiger partial charge in [-0.2, -0.15) is 4.98 Å². The summed E-state index contributed by atoms with van der Waals surface area (Å²) in [4.78, 5) is 18.8. The van der Waals surface area contributed by atoms with Crippen LogP contribution in [0.25, 0.3) is 11.6 Å². The minimum atomic E-state index is -0.0294.